The molecule has 1 atom stereocenters. The molecular weight excluding hydrogens is 318 g/mol. The van der Waals surface area contributed by atoms with Gasteiger partial charge in [0.1, 0.15) is 0 Å². The van der Waals surface area contributed by atoms with Crippen LogP contribution in [0.15, 0.2) is 24.3 Å². The van der Waals surface area contributed by atoms with Crippen LogP contribution >= 0.6 is 11.3 Å². The molecule has 0 spiro atoms. The molecule has 1 saturated heterocycles. The second-order valence-corrected chi connectivity index (χ2v) is 7.80. The first-order valence-electron chi connectivity index (χ1n) is 8.59. The van der Waals surface area contributed by atoms with E-state index < -0.39 is 0 Å². The van der Waals surface area contributed by atoms with Gasteiger partial charge in [-0.3, -0.25) is 9.69 Å². The summed E-state index contributed by atoms with van der Waals surface area (Å²) in [6, 6.07) is 7.97. The number of hydrogen-bond acceptors (Lipinski definition) is 4. The predicted octanol–water partition coefficient (Wildman–Crippen LogP) is 3.85. The zero-order valence-electron chi connectivity index (χ0n) is 14.6. The summed E-state index contributed by atoms with van der Waals surface area (Å²) in [7, 11) is 0. The minimum absolute atomic E-state index is 0.0174. The van der Waals surface area contributed by atoms with Gasteiger partial charge >= 0.3 is 0 Å². The highest BCUT2D eigenvalue weighted by Crippen LogP contribution is 2.24. The van der Waals surface area contributed by atoms with Gasteiger partial charge in [0.05, 0.1) is 16.7 Å². The van der Waals surface area contributed by atoms with Gasteiger partial charge in [-0.25, -0.2) is 4.98 Å². The number of aryl methyl sites for hydroxylation is 2. The number of likely N-dealkylation sites (tertiary alicyclic amines) is 1. The van der Waals surface area contributed by atoms with Gasteiger partial charge < -0.3 is 5.32 Å². The second kappa shape index (κ2) is 7.45. The number of aromatic nitrogens is 1. The van der Waals surface area contributed by atoms with E-state index in [2.05, 4.69) is 21.3 Å². The van der Waals surface area contributed by atoms with Gasteiger partial charge in [-0.15, -0.1) is 11.3 Å². The molecular formula is C19H25N3OS. The van der Waals surface area contributed by atoms with Gasteiger partial charge in [-0.1, -0.05) is 12.1 Å². The third-order valence-corrected chi connectivity index (χ3v) is 5.73. The molecule has 0 aliphatic carbocycles. The molecule has 2 aromatic rings. The van der Waals surface area contributed by atoms with E-state index in [0.717, 1.165) is 40.8 Å². The van der Waals surface area contributed by atoms with E-state index in [9.17, 15) is 4.79 Å². The highest BCUT2D eigenvalue weighted by atomic mass is 32.1. The fourth-order valence-electron chi connectivity index (χ4n) is 3.30. The molecule has 4 nitrogen and oxygen atoms in total. The van der Waals surface area contributed by atoms with Crippen LogP contribution in [0.5, 0.6) is 0 Å². The summed E-state index contributed by atoms with van der Waals surface area (Å²) >= 11 is 1.65. The van der Waals surface area contributed by atoms with Gasteiger partial charge in [0.15, 0.2) is 0 Å². The maximum Gasteiger partial charge on any atom is 0.251 e. The van der Waals surface area contributed by atoms with Crippen LogP contribution in [0.3, 0.4) is 0 Å². The van der Waals surface area contributed by atoms with E-state index in [0.29, 0.717) is 0 Å². The molecule has 0 bridgehead atoms. The first kappa shape index (κ1) is 17.1. The summed E-state index contributed by atoms with van der Waals surface area (Å²) in [4.78, 5) is 20.6. The van der Waals surface area contributed by atoms with Crippen LogP contribution in [-0.4, -0.2) is 28.9 Å². The van der Waals surface area contributed by atoms with Gasteiger partial charge in [0, 0.05) is 17.0 Å². The van der Waals surface area contributed by atoms with Gasteiger partial charge in [-0.2, -0.15) is 0 Å². The SMILES string of the molecule is Cc1nc(C)c(C(C)NC(=O)c2cccc(CN3CCCC3)c2)s1. The van der Waals surface area contributed by atoms with E-state index in [1.165, 1.54) is 18.4 Å². The first-order chi connectivity index (χ1) is 11.5. The number of amides is 1. The number of rotatable bonds is 5. The summed E-state index contributed by atoms with van der Waals surface area (Å²) in [6.45, 7) is 9.28. The molecule has 1 aliphatic heterocycles. The molecule has 1 amide bonds. The van der Waals surface area contributed by atoms with E-state index in [-0.39, 0.29) is 11.9 Å². The maximum absolute atomic E-state index is 12.6. The lowest BCUT2D eigenvalue weighted by atomic mass is 10.1. The Hall–Kier alpha value is -1.72. The highest BCUT2D eigenvalue weighted by molar-refractivity contribution is 7.11. The minimum Gasteiger partial charge on any atom is -0.345 e. The summed E-state index contributed by atoms with van der Waals surface area (Å²) in [5.41, 5.74) is 2.95. The van der Waals surface area contributed by atoms with Crippen LogP contribution in [0.1, 0.15) is 57.3 Å². The fourth-order valence-corrected chi connectivity index (χ4v) is 4.23. The number of nitrogens with zero attached hydrogens (tertiary/aromatic N) is 2. The lowest BCUT2D eigenvalue weighted by molar-refractivity contribution is 0.0940. The molecule has 1 aliphatic rings. The van der Waals surface area contributed by atoms with Crippen LogP contribution in [0, 0.1) is 13.8 Å². The quantitative estimate of drug-likeness (QED) is 0.897. The average Bonchev–Trinajstić information content (AvgIpc) is 3.17. The van der Waals surface area contributed by atoms with Crippen molar-refractivity contribution in [1.82, 2.24) is 15.2 Å². The summed E-state index contributed by atoms with van der Waals surface area (Å²) in [5, 5.41) is 4.14. The molecule has 1 fully saturated rings. The van der Waals surface area contributed by atoms with Crippen molar-refractivity contribution < 1.29 is 4.79 Å². The highest BCUT2D eigenvalue weighted by Gasteiger charge is 2.17. The number of thiazole rings is 1. The van der Waals surface area contributed by atoms with Crippen LogP contribution < -0.4 is 5.32 Å². The lowest BCUT2D eigenvalue weighted by Gasteiger charge is -2.16. The normalized spacial score (nSPS) is 16.3. The Bertz CT molecular complexity index is 719. The third-order valence-electron chi connectivity index (χ3n) is 4.47. The Morgan fingerprint density at radius 1 is 1.33 bits per heavy atom. The van der Waals surface area contributed by atoms with Crippen molar-refractivity contribution in [2.24, 2.45) is 0 Å². The van der Waals surface area contributed by atoms with Crippen LogP contribution in [0.2, 0.25) is 0 Å². The lowest BCUT2D eigenvalue weighted by Crippen LogP contribution is -2.27. The van der Waals surface area contributed by atoms with Crippen molar-refractivity contribution in [3.63, 3.8) is 0 Å². The zero-order chi connectivity index (χ0) is 17.1. The average molecular weight is 343 g/mol. The molecule has 3 rings (SSSR count). The van der Waals surface area contributed by atoms with Crippen molar-refractivity contribution in [3.8, 4) is 0 Å². The number of benzene rings is 1. The molecule has 0 saturated carbocycles. The Kier molecular flexibility index (Phi) is 5.31. The molecule has 1 aromatic heterocycles. The van der Waals surface area contributed by atoms with Crippen LogP contribution in [-0.2, 0) is 6.54 Å². The topological polar surface area (TPSA) is 45.2 Å². The zero-order valence-corrected chi connectivity index (χ0v) is 15.4. The van der Waals surface area contributed by atoms with Gasteiger partial charge in [-0.05, 0) is 64.4 Å². The van der Waals surface area contributed by atoms with Crippen molar-refractivity contribution in [1.29, 1.82) is 0 Å². The molecule has 0 radical (unpaired) electrons. The van der Waals surface area contributed by atoms with Crippen molar-refractivity contribution >= 4 is 17.2 Å². The van der Waals surface area contributed by atoms with Gasteiger partial charge in [0.2, 0.25) is 0 Å². The molecule has 1 N–H and O–H groups in total. The Morgan fingerprint density at radius 2 is 2.08 bits per heavy atom. The number of nitrogens with one attached hydrogen (secondary N) is 1. The largest absolute Gasteiger partial charge is 0.345 e. The van der Waals surface area contributed by atoms with Crippen LogP contribution in [0.4, 0.5) is 0 Å². The summed E-state index contributed by atoms with van der Waals surface area (Å²) in [6.07, 6.45) is 2.57. The van der Waals surface area contributed by atoms with Crippen molar-refractivity contribution in [3.05, 3.63) is 51.0 Å². The Morgan fingerprint density at radius 3 is 2.75 bits per heavy atom. The molecule has 128 valence electrons. The van der Waals surface area contributed by atoms with E-state index in [4.69, 9.17) is 0 Å². The smallest absolute Gasteiger partial charge is 0.251 e. The summed E-state index contributed by atoms with van der Waals surface area (Å²) in [5.74, 6) is -0.0174. The Balaban J connectivity index is 1.67. The number of hydrogen-bond donors (Lipinski definition) is 1. The predicted molar refractivity (Wildman–Crippen MR) is 98.4 cm³/mol. The molecule has 24 heavy (non-hydrogen) atoms. The molecule has 2 heterocycles. The van der Waals surface area contributed by atoms with Crippen molar-refractivity contribution in [2.45, 2.75) is 46.2 Å². The number of carbonyl (C=O) groups is 1. The van der Waals surface area contributed by atoms with E-state index in [1.54, 1.807) is 11.3 Å². The second-order valence-electron chi connectivity index (χ2n) is 6.56. The maximum atomic E-state index is 12.6. The summed E-state index contributed by atoms with van der Waals surface area (Å²) < 4.78 is 0. The molecule has 1 aromatic carbocycles. The fraction of sp³-hybridized carbons (Fsp3) is 0.474. The first-order valence-corrected chi connectivity index (χ1v) is 9.40. The standard InChI is InChI=1S/C19H25N3OS/c1-13-18(24-15(3)20-13)14(2)21-19(23)17-8-6-7-16(11-17)12-22-9-4-5-10-22/h6-8,11,14H,4-5,9-10,12H2,1-3H3,(H,21,23). The van der Waals surface area contributed by atoms with Crippen LogP contribution in [0.25, 0.3) is 0 Å². The Labute approximate surface area is 147 Å². The molecule has 1 unspecified atom stereocenters. The third kappa shape index (κ3) is 4.02. The van der Waals surface area contributed by atoms with E-state index in [1.807, 2.05) is 39.0 Å². The van der Waals surface area contributed by atoms with E-state index >= 15 is 0 Å². The van der Waals surface area contributed by atoms with Crippen molar-refractivity contribution in [2.75, 3.05) is 13.1 Å². The monoisotopic (exact) mass is 343 g/mol. The molecule has 5 heteroatoms. The number of carbonyl (C=O) groups excluding carboxylic acids is 1. The minimum atomic E-state index is -0.0223. The van der Waals surface area contributed by atoms with Gasteiger partial charge in [0.25, 0.3) is 5.91 Å².